The SMILES string of the molecule is O=C(Nc1ccc(N(c2ccccc2)c2ccccc2)cc1)OCCOCCS. The molecule has 3 aromatic rings. The zero-order valence-corrected chi connectivity index (χ0v) is 16.9. The van der Waals surface area contributed by atoms with E-state index in [2.05, 4.69) is 47.1 Å². The van der Waals surface area contributed by atoms with E-state index >= 15 is 0 Å². The molecule has 0 fully saturated rings. The molecule has 0 atom stereocenters. The quantitative estimate of drug-likeness (QED) is 0.355. The second kappa shape index (κ2) is 11.1. The van der Waals surface area contributed by atoms with Crippen LogP contribution in [0, 0.1) is 0 Å². The maximum Gasteiger partial charge on any atom is 0.411 e. The zero-order valence-electron chi connectivity index (χ0n) is 16.0. The largest absolute Gasteiger partial charge is 0.447 e. The highest BCUT2D eigenvalue weighted by Gasteiger charge is 2.12. The van der Waals surface area contributed by atoms with Crippen LogP contribution in [0.5, 0.6) is 0 Å². The minimum atomic E-state index is -0.504. The van der Waals surface area contributed by atoms with Gasteiger partial charge in [0.1, 0.15) is 6.61 Å². The number of benzene rings is 3. The Hall–Kier alpha value is -2.96. The van der Waals surface area contributed by atoms with Crippen molar-refractivity contribution in [3.63, 3.8) is 0 Å². The number of nitrogens with zero attached hydrogens (tertiary/aromatic N) is 1. The molecule has 0 aliphatic rings. The summed E-state index contributed by atoms with van der Waals surface area (Å²) < 4.78 is 10.3. The Bertz CT molecular complexity index is 834. The first-order valence-corrected chi connectivity index (χ1v) is 10.0. The molecule has 150 valence electrons. The van der Waals surface area contributed by atoms with Crippen molar-refractivity contribution >= 4 is 41.5 Å². The summed E-state index contributed by atoms with van der Waals surface area (Å²) in [4.78, 5) is 14.0. The number of carbonyl (C=O) groups is 1. The van der Waals surface area contributed by atoms with E-state index in [9.17, 15) is 4.79 Å². The van der Waals surface area contributed by atoms with Crippen molar-refractivity contribution in [3.05, 3.63) is 84.9 Å². The Labute approximate surface area is 176 Å². The van der Waals surface area contributed by atoms with Crippen molar-refractivity contribution in [1.29, 1.82) is 0 Å². The highest BCUT2D eigenvalue weighted by molar-refractivity contribution is 7.80. The summed E-state index contributed by atoms with van der Waals surface area (Å²) in [5.74, 6) is 0.640. The molecular weight excluding hydrogens is 384 g/mol. The first kappa shape index (κ1) is 20.8. The third-order valence-corrected chi connectivity index (χ3v) is 4.28. The molecule has 0 spiro atoms. The van der Waals surface area contributed by atoms with Gasteiger partial charge in [0.15, 0.2) is 0 Å². The fraction of sp³-hybridized carbons (Fsp3) is 0.174. The molecule has 29 heavy (non-hydrogen) atoms. The molecule has 0 aromatic heterocycles. The van der Waals surface area contributed by atoms with E-state index in [1.165, 1.54) is 0 Å². The average Bonchev–Trinajstić information content (AvgIpc) is 2.76. The maximum absolute atomic E-state index is 11.9. The first-order chi connectivity index (χ1) is 14.3. The Balaban J connectivity index is 1.68. The Morgan fingerprint density at radius 2 is 1.31 bits per heavy atom. The van der Waals surface area contributed by atoms with Gasteiger partial charge in [0.05, 0.1) is 13.2 Å². The monoisotopic (exact) mass is 408 g/mol. The molecule has 6 heteroatoms. The summed E-state index contributed by atoms with van der Waals surface area (Å²) in [5, 5.41) is 2.73. The maximum atomic E-state index is 11.9. The zero-order chi connectivity index (χ0) is 20.3. The number of nitrogens with one attached hydrogen (secondary N) is 1. The van der Waals surface area contributed by atoms with Gasteiger partial charge in [-0.25, -0.2) is 4.79 Å². The van der Waals surface area contributed by atoms with Gasteiger partial charge in [0.25, 0.3) is 0 Å². The average molecular weight is 409 g/mol. The number of thiol groups is 1. The summed E-state index contributed by atoms with van der Waals surface area (Å²) in [7, 11) is 0. The van der Waals surface area contributed by atoms with Gasteiger partial charge >= 0.3 is 6.09 Å². The van der Waals surface area contributed by atoms with E-state index in [-0.39, 0.29) is 6.61 Å². The van der Waals surface area contributed by atoms with Crippen LogP contribution in [0.4, 0.5) is 27.5 Å². The number of rotatable bonds is 9. The Kier molecular flexibility index (Phi) is 7.98. The van der Waals surface area contributed by atoms with Crippen molar-refractivity contribution in [2.45, 2.75) is 0 Å². The summed E-state index contributed by atoms with van der Waals surface area (Å²) in [6, 6.07) is 27.9. The van der Waals surface area contributed by atoms with Crippen LogP contribution in [0.2, 0.25) is 0 Å². The molecule has 0 unspecified atom stereocenters. The van der Waals surface area contributed by atoms with Crippen molar-refractivity contribution < 1.29 is 14.3 Å². The molecule has 0 heterocycles. The van der Waals surface area contributed by atoms with Crippen LogP contribution >= 0.6 is 12.6 Å². The fourth-order valence-electron chi connectivity index (χ4n) is 2.81. The van der Waals surface area contributed by atoms with Gasteiger partial charge in [-0.2, -0.15) is 12.6 Å². The minimum Gasteiger partial charge on any atom is -0.447 e. The van der Waals surface area contributed by atoms with Crippen LogP contribution in [0.15, 0.2) is 84.9 Å². The minimum absolute atomic E-state index is 0.202. The number of ether oxygens (including phenoxy) is 2. The highest BCUT2D eigenvalue weighted by atomic mass is 32.1. The van der Waals surface area contributed by atoms with Crippen LogP contribution in [0.1, 0.15) is 0 Å². The lowest BCUT2D eigenvalue weighted by molar-refractivity contribution is 0.0863. The number of hydrogen-bond acceptors (Lipinski definition) is 5. The third kappa shape index (κ3) is 6.27. The van der Waals surface area contributed by atoms with E-state index in [4.69, 9.17) is 9.47 Å². The molecule has 1 N–H and O–H groups in total. The van der Waals surface area contributed by atoms with Crippen molar-refractivity contribution in [2.75, 3.05) is 35.8 Å². The van der Waals surface area contributed by atoms with Gasteiger partial charge < -0.3 is 14.4 Å². The molecule has 0 aliphatic heterocycles. The molecule has 3 aromatic carbocycles. The predicted molar refractivity (Wildman–Crippen MR) is 121 cm³/mol. The van der Waals surface area contributed by atoms with Gasteiger partial charge in [-0.3, -0.25) is 5.32 Å². The lowest BCUT2D eigenvalue weighted by Gasteiger charge is -2.25. The number of para-hydroxylation sites is 2. The number of carbonyl (C=O) groups excluding carboxylic acids is 1. The van der Waals surface area contributed by atoms with E-state index in [0.29, 0.717) is 24.7 Å². The topological polar surface area (TPSA) is 50.8 Å². The van der Waals surface area contributed by atoms with Crippen LogP contribution in [0.25, 0.3) is 0 Å². The third-order valence-electron chi connectivity index (χ3n) is 4.10. The van der Waals surface area contributed by atoms with Crippen molar-refractivity contribution in [1.82, 2.24) is 0 Å². The summed E-state index contributed by atoms with van der Waals surface area (Å²) in [6.07, 6.45) is -0.504. The van der Waals surface area contributed by atoms with Gasteiger partial charge in [-0.15, -0.1) is 0 Å². The number of hydrogen-bond donors (Lipinski definition) is 2. The summed E-state index contributed by atoms with van der Waals surface area (Å²) in [6.45, 7) is 1.10. The molecule has 0 saturated heterocycles. The van der Waals surface area contributed by atoms with Gasteiger partial charge in [-0.1, -0.05) is 36.4 Å². The van der Waals surface area contributed by atoms with Gasteiger partial charge in [-0.05, 0) is 48.5 Å². The fourth-order valence-corrected chi connectivity index (χ4v) is 2.94. The first-order valence-electron chi connectivity index (χ1n) is 9.40. The second-order valence-electron chi connectivity index (χ2n) is 6.15. The number of anilines is 4. The van der Waals surface area contributed by atoms with Gasteiger partial charge in [0, 0.05) is 28.5 Å². The lowest BCUT2D eigenvalue weighted by atomic mass is 10.2. The van der Waals surface area contributed by atoms with E-state index in [0.717, 1.165) is 17.1 Å². The molecule has 5 nitrogen and oxygen atoms in total. The van der Waals surface area contributed by atoms with Gasteiger partial charge in [0.2, 0.25) is 0 Å². The predicted octanol–water partition coefficient (Wildman–Crippen LogP) is 5.65. The highest BCUT2D eigenvalue weighted by Crippen LogP contribution is 2.34. The molecule has 0 bridgehead atoms. The van der Waals surface area contributed by atoms with Crippen molar-refractivity contribution in [3.8, 4) is 0 Å². The van der Waals surface area contributed by atoms with E-state index in [1.807, 2.05) is 60.7 Å². The van der Waals surface area contributed by atoms with Crippen LogP contribution < -0.4 is 10.2 Å². The molecule has 0 radical (unpaired) electrons. The van der Waals surface area contributed by atoms with Crippen LogP contribution in [-0.2, 0) is 9.47 Å². The smallest absolute Gasteiger partial charge is 0.411 e. The van der Waals surface area contributed by atoms with Crippen molar-refractivity contribution in [2.24, 2.45) is 0 Å². The summed E-state index contributed by atoms with van der Waals surface area (Å²) >= 11 is 4.05. The molecule has 0 saturated carbocycles. The molecule has 0 aliphatic carbocycles. The number of amides is 1. The van der Waals surface area contributed by atoms with E-state index < -0.39 is 6.09 Å². The normalized spacial score (nSPS) is 10.4. The Morgan fingerprint density at radius 1 is 0.759 bits per heavy atom. The van der Waals surface area contributed by atoms with Crippen LogP contribution in [-0.4, -0.2) is 31.7 Å². The molecular formula is C23H24N2O3S. The lowest BCUT2D eigenvalue weighted by Crippen LogP contribution is -2.17. The summed E-state index contributed by atoms with van der Waals surface area (Å²) in [5.41, 5.74) is 3.76. The molecule has 1 amide bonds. The Morgan fingerprint density at radius 3 is 1.86 bits per heavy atom. The van der Waals surface area contributed by atoms with E-state index in [1.54, 1.807) is 0 Å². The van der Waals surface area contributed by atoms with Crippen LogP contribution in [0.3, 0.4) is 0 Å². The standard InChI is InChI=1S/C23H24N2O3S/c26-23(28-16-15-27-17-18-29)24-19-11-13-22(14-12-19)25(20-7-3-1-4-8-20)21-9-5-2-6-10-21/h1-14,29H,15-18H2,(H,24,26). The molecule has 3 rings (SSSR count). The second-order valence-corrected chi connectivity index (χ2v) is 6.60.